The summed E-state index contributed by atoms with van der Waals surface area (Å²) in [5.41, 5.74) is 1.23. The molecule has 0 radical (unpaired) electrons. The summed E-state index contributed by atoms with van der Waals surface area (Å²) in [6.07, 6.45) is 1.60. The summed E-state index contributed by atoms with van der Waals surface area (Å²) in [5, 5.41) is 10.3. The number of anilines is 2. The summed E-state index contributed by atoms with van der Waals surface area (Å²) < 4.78 is 12.7. The zero-order valence-corrected chi connectivity index (χ0v) is 17.8. The van der Waals surface area contributed by atoms with Gasteiger partial charge in [-0.15, -0.1) is 0 Å². The molecule has 2 aromatic carbocycles. The molecule has 1 aliphatic rings. The first-order valence-electron chi connectivity index (χ1n) is 9.19. The van der Waals surface area contributed by atoms with Gasteiger partial charge in [0.05, 0.1) is 30.3 Å². The van der Waals surface area contributed by atoms with Crippen LogP contribution in [-0.4, -0.2) is 40.3 Å². The molecule has 11 heteroatoms. The Labute approximate surface area is 187 Å². The van der Waals surface area contributed by atoms with E-state index in [0.717, 1.165) is 5.56 Å². The largest absolute Gasteiger partial charge is 0.493 e. The summed E-state index contributed by atoms with van der Waals surface area (Å²) in [7, 11) is 1.49. The minimum Gasteiger partial charge on any atom is -0.493 e. The van der Waals surface area contributed by atoms with E-state index in [9.17, 15) is 9.59 Å². The molecule has 31 heavy (non-hydrogen) atoms. The van der Waals surface area contributed by atoms with Gasteiger partial charge in [0.1, 0.15) is 6.33 Å². The van der Waals surface area contributed by atoms with Gasteiger partial charge < -0.3 is 14.8 Å². The van der Waals surface area contributed by atoms with Crippen molar-refractivity contribution in [1.29, 1.82) is 0 Å². The van der Waals surface area contributed by atoms with Gasteiger partial charge in [-0.3, -0.25) is 14.9 Å². The number of benzene rings is 2. The summed E-state index contributed by atoms with van der Waals surface area (Å²) >= 11 is 11.9. The third-order valence-electron chi connectivity index (χ3n) is 4.63. The molecular weight excluding hydrogens is 445 g/mol. The van der Waals surface area contributed by atoms with E-state index in [4.69, 9.17) is 32.7 Å². The van der Waals surface area contributed by atoms with Crippen molar-refractivity contribution in [2.45, 2.75) is 12.5 Å². The highest BCUT2D eigenvalue weighted by Crippen LogP contribution is 2.35. The van der Waals surface area contributed by atoms with Crippen molar-refractivity contribution in [1.82, 2.24) is 14.8 Å². The molecule has 0 aliphatic carbocycles. The Morgan fingerprint density at radius 3 is 2.87 bits per heavy atom. The quantitative estimate of drug-likeness (QED) is 0.581. The van der Waals surface area contributed by atoms with Gasteiger partial charge in [-0.2, -0.15) is 10.1 Å². The normalized spacial score (nSPS) is 15.1. The first-order valence-corrected chi connectivity index (χ1v) is 9.95. The van der Waals surface area contributed by atoms with Gasteiger partial charge in [0.2, 0.25) is 11.9 Å². The van der Waals surface area contributed by atoms with Crippen LogP contribution in [-0.2, 0) is 9.59 Å². The van der Waals surface area contributed by atoms with Crippen LogP contribution in [0.1, 0.15) is 18.0 Å². The van der Waals surface area contributed by atoms with Gasteiger partial charge in [0.15, 0.2) is 18.1 Å². The zero-order chi connectivity index (χ0) is 22.0. The molecule has 9 nitrogen and oxygen atoms in total. The number of hydrogen-bond donors (Lipinski definition) is 2. The lowest BCUT2D eigenvalue weighted by Gasteiger charge is -2.24. The molecule has 0 saturated heterocycles. The molecule has 160 valence electrons. The van der Waals surface area contributed by atoms with Gasteiger partial charge >= 0.3 is 0 Å². The topological polar surface area (TPSA) is 107 Å². The van der Waals surface area contributed by atoms with E-state index >= 15 is 0 Å². The number of hydrogen-bond acceptors (Lipinski definition) is 6. The SMILES string of the molecule is COc1cc([C@@H]2CC(=O)Nc3ncnn32)ccc1OCC(=O)Nc1ccc(Cl)cc1Cl. The maximum absolute atomic E-state index is 12.2. The van der Waals surface area contributed by atoms with Crippen molar-refractivity contribution in [2.75, 3.05) is 24.4 Å². The Kier molecular flexibility index (Phi) is 5.97. The fourth-order valence-corrected chi connectivity index (χ4v) is 3.65. The third-order valence-corrected chi connectivity index (χ3v) is 5.18. The van der Waals surface area contributed by atoms with E-state index in [1.54, 1.807) is 35.0 Å². The average Bonchev–Trinajstić information content (AvgIpc) is 3.22. The van der Waals surface area contributed by atoms with E-state index in [0.29, 0.717) is 33.2 Å². The van der Waals surface area contributed by atoms with E-state index in [1.165, 1.54) is 19.5 Å². The smallest absolute Gasteiger partial charge is 0.262 e. The first-order chi connectivity index (χ1) is 14.9. The van der Waals surface area contributed by atoms with Crippen LogP contribution in [0.5, 0.6) is 11.5 Å². The fraction of sp³-hybridized carbons (Fsp3) is 0.200. The molecule has 0 saturated carbocycles. The van der Waals surface area contributed by atoms with Crippen molar-refractivity contribution in [2.24, 2.45) is 0 Å². The maximum atomic E-state index is 12.2. The molecule has 4 rings (SSSR count). The number of ether oxygens (including phenoxy) is 2. The molecule has 1 aromatic heterocycles. The number of fused-ring (bicyclic) bond motifs is 1. The fourth-order valence-electron chi connectivity index (χ4n) is 3.20. The average molecular weight is 462 g/mol. The lowest BCUT2D eigenvalue weighted by Crippen LogP contribution is -2.29. The van der Waals surface area contributed by atoms with Crippen molar-refractivity contribution in [3.63, 3.8) is 0 Å². The number of amides is 2. The number of rotatable bonds is 6. The Bertz CT molecular complexity index is 1150. The summed E-state index contributed by atoms with van der Waals surface area (Å²) in [6, 6.07) is 9.66. The van der Waals surface area contributed by atoms with E-state index in [1.807, 2.05) is 0 Å². The Morgan fingerprint density at radius 1 is 1.26 bits per heavy atom. The second-order valence-electron chi connectivity index (χ2n) is 6.67. The molecule has 0 unspecified atom stereocenters. The van der Waals surface area contributed by atoms with E-state index < -0.39 is 5.91 Å². The van der Waals surface area contributed by atoms with Crippen LogP contribution in [0.4, 0.5) is 11.6 Å². The maximum Gasteiger partial charge on any atom is 0.262 e. The molecule has 2 amide bonds. The lowest BCUT2D eigenvalue weighted by molar-refractivity contribution is -0.118. The highest BCUT2D eigenvalue weighted by Gasteiger charge is 2.28. The zero-order valence-electron chi connectivity index (χ0n) is 16.3. The minimum absolute atomic E-state index is 0.151. The van der Waals surface area contributed by atoms with Crippen LogP contribution in [0.2, 0.25) is 10.0 Å². The Balaban J connectivity index is 1.47. The molecular formula is C20H17Cl2N5O4. The van der Waals surface area contributed by atoms with Crippen LogP contribution in [0.25, 0.3) is 0 Å². The number of carbonyl (C=O) groups excluding carboxylic acids is 2. The van der Waals surface area contributed by atoms with Crippen LogP contribution in [0.3, 0.4) is 0 Å². The molecule has 1 aliphatic heterocycles. The van der Waals surface area contributed by atoms with Gasteiger partial charge in [0.25, 0.3) is 5.91 Å². The summed E-state index contributed by atoms with van der Waals surface area (Å²) in [6.45, 7) is -0.256. The van der Waals surface area contributed by atoms with Gasteiger partial charge in [0, 0.05) is 5.02 Å². The molecule has 1 atom stereocenters. The number of carbonyl (C=O) groups is 2. The van der Waals surface area contributed by atoms with Crippen LogP contribution in [0.15, 0.2) is 42.7 Å². The van der Waals surface area contributed by atoms with Gasteiger partial charge in [-0.1, -0.05) is 29.3 Å². The minimum atomic E-state index is -0.397. The highest BCUT2D eigenvalue weighted by atomic mass is 35.5. The second-order valence-corrected chi connectivity index (χ2v) is 7.51. The number of nitrogens with zero attached hydrogens (tertiary/aromatic N) is 3. The van der Waals surface area contributed by atoms with Gasteiger partial charge in [-0.05, 0) is 35.9 Å². The highest BCUT2D eigenvalue weighted by molar-refractivity contribution is 6.36. The van der Waals surface area contributed by atoms with Crippen molar-refractivity contribution in [3.05, 3.63) is 58.3 Å². The van der Waals surface area contributed by atoms with E-state index in [-0.39, 0.29) is 25.0 Å². The predicted octanol–water partition coefficient (Wildman–Crippen LogP) is 3.54. The standard InChI is InChI=1S/C20H17Cl2N5O4/c1-30-17-6-11(15-8-18(28)26-20-23-10-24-27(15)20)2-5-16(17)31-9-19(29)25-14-4-3-12(21)7-13(14)22/h2-7,10,15H,8-9H2,1H3,(H,25,29)(H,23,24,26,28)/t15-/m0/s1. The molecule has 2 heterocycles. The molecule has 3 aromatic rings. The second kappa shape index (κ2) is 8.83. The van der Waals surface area contributed by atoms with Crippen molar-refractivity contribution in [3.8, 4) is 11.5 Å². The molecule has 0 fully saturated rings. The number of methoxy groups -OCH3 is 1. The lowest BCUT2D eigenvalue weighted by atomic mass is 10.0. The Morgan fingerprint density at radius 2 is 2.10 bits per heavy atom. The Hall–Kier alpha value is -3.30. The molecule has 0 spiro atoms. The van der Waals surface area contributed by atoms with Crippen LogP contribution < -0.4 is 20.1 Å². The van der Waals surface area contributed by atoms with E-state index in [2.05, 4.69) is 20.7 Å². The van der Waals surface area contributed by atoms with Gasteiger partial charge in [-0.25, -0.2) is 4.68 Å². The third kappa shape index (κ3) is 4.57. The van der Waals surface area contributed by atoms with Crippen molar-refractivity contribution >= 4 is 46.7 Å². The summed E-state index contributed by atoms with van der Waals surface area (Å²) in [4.78, 5) is 28.3. The molecule has 0 bridgehead atoms. The predicted molar refractivity (Wildman–Crippen MR) is 115 cm³/mol. The number of halogens is 2. The number of aromatic nitrogens is 3. The van der Waals surface area contributed by atoms with Crippen molar-refractivity contribution < 1.29 is 19.1 Å². The molecule has 2 N–H and O–H groups in total. The summed E-state index contributed by atoms with van der Waals surface area (Å²) in [5.74, 6) is 0.636. The number of nitrogens with one attached hydrogen (secondary N) is 2. The first kappa shape index (κ1) is 21.0. The van der Waals surface area contributed by atoms with Crippen LogP contribution in [0, 0.1) is 0 Å². The van der Waals surface area contributed by atoms with Crippen LogP contribution >= 0.6 is 23.2 Å². The monoisotopic (exact) mass is 461 g/mol.